The summed E-state index contributed by atoms with van der Waals surface area (Å²) in [5, 5.41) is 12.3. The van der Waals surface area contributed by atoms with E-state index in [1.807, 2.05) is 48.8 Å². The first-order chi connectivity index (χ1) is 26.7. The fourth-order valence-electron chi connectivity index (χ4n) is 7.76. The summed E-state index contributed by atoms with van der Waals surface area (Å²) in [5.41, 5.74) is 11.0. The van der Waals surface area contributed by atoms with Crippen molar-refractivity contribution in [2.45, 2.75) is 12.2 Å². The molecule has 2 aliphatic heterocycles. The van der Waals surface area contributed by atoms with Crippen molar-refractivity contribution in [1.29, 1.82) is 0 Å². The highest BCUT2D eigenvalue weighted by atomic mass is 15.2. The lowest BCUT2D eigenvalue weighted by molar-refractivity contribution is 0.674. The van der Waals surface area contributed by atoms with Crippen molar-refractivity contribution in [2.24, 2.45) is 9.98 Å². The zero-order valence-electron chi connectivity index (χ0n) is 29.4. The number of benzene rings is 6. The molecule has 0 saturated heterocycles. The molecule has 0 fully saturated rings. The summed E-state index contributed by atoms with van der Waals surface area (Å²) in [4.78, 5) is 14.9. The predicted molar refractivity (Wildman–Crippen MR) is 221 cm³/mol. The Morgan fingerprint density at radius 2 is 1.28 bits per heavy atom. The monoisotopic (exact) mass is 693 g/mol. The van der Waals surface area contributed by atoms with Gasteiger partial charge in [-0.05, 0) is 79.2 Å². The quantitative estimate of drug-likeness (QED) is 0.184. The SMILES string of the molecule is C1=CC2=c3ccncc3=C(c3cc(-c4ccc(-c5cccc6ccccc56)cc4)cc(C4N=C(c5ccccc5)N=C(c5ccccc5)N4)c3)NC2C=C1. The number of nitrogens with one attached hydrogen (secondary N) is 2. The Bertz CT molecular complexity index is 2810. The third kappa shape index (κ3) is 5.82. The largest absolute Gasteiger partial charge is 0.374 e. The van der Waals surface area contributed by atoms with E-state index in [9.17, 15) is 0 Å². The first-order valence-corrected chi connectivity index (χ1v) is 18.3. The smallest absolute Gasteiger partial charge is 0.159 e. The molecule has 1 aromatic heterocycles. The normalized spacial score (nSPS) is 17.2. The van der Waals surface area contributed by atoms with Crippen LogP contribution in [0.5, 0.6) is 0 Å². The number of aliphatic imine (C=N–C) groups is 2. The molecule has 256 valence electrons. The van der Waals surface area contributed by atoms with Crippen molar-refractivity contribution < 1.29 is 0 Å². The van der Waals surface area contributed by atoms with Crippen LogP contribution in [-0.2, 0) is 0 Å². The second-order valence-electron chi connectivity index (χ2n) is 13.8. The molecule has 0 radical (unpaired) electrons. The number of hydrogen-bond acceptors (Lipinski definition) is 5. The van der Waals surface area contributed by atoms with E-state index >= 15 is 0 Å². The van der Waals surface area contributed by atoms with Crippen LogP contribution in [0.2, 0.25) is 0 Å². The molecule has 0 amide bonds. The van der Waals surface area contributed by atoms with E-state index < -0.39 is 6.17 Å². The van der Waals surface area contributed by atoms with Gasteiger partial charge in [0.2, 0.25) is 0 Å². The Hall–Kier alpha value is -7.11. The molecule has 10 rings (SSSR count). The summed E-state index contributed by atoms with van der Waals surface area (Å²) in [6, 6.07) is 53.5. The maximum absolute atomic E-state index is 5.26. The Labute approximate surface area is 313 Å². The molecular weight excluding hydrogens is 659 g/mol. The Morgan fingerprint density at radius 1 is 0.537 bits per heavy atom. The highest BCUT2D eigenvalue weighted by Crippen LogP contribution is 2.34. The molecule has 0 saturated carbocycles. The summed E-state index contributed by atoms with van der Waals surface area (Å²) in [6.45, 7) is 0. The first kappa shape index (κ1) is 31.6. The van der Waals surface area contributed by atoms with Crippen molar-refractivity contribution in [1.82, 2.24) is 15.6 Å². The van der Waals surface area contributed by atoms with Crippen LogP contribution < -0.4 is 21.1 Å². The van der Waals surface area contributed by atoms with Gasteiger partial charge in [0.05, 0.1) is 11.7 Å². The van der Waals surface area contributed by atoms with Crippen molar-refractivity contribution >= 4 is 33.7 Å². The number of aromatic nitrogens is 1. The molecule has 2 atom stereocenters. The van der Waals surface area contributed by atoms with Crippen LogP contribution >= 0.6 is 0 Å². The van der Waals surface area contributed by atoms with Crippen LogP contribution in [0.25, 0.3) is 44.3 Å². The maximum Gasteiger partial charge on any atom is 0.159 e. The van der Waals surface area contributed by atoms with E-state index in [4.69, 9.17) is 9.98 Å². The summed E-state index contributed by atoms with van der Waals surface area (Å²) in [6.07, 6.45) is 12.1. The van der Waals surface area contributed by atoms with Gasteiger partial charge in [-0.15, -0.1) is 0 Å². The van der Waals surface area contributed by atoms with Crippen LogP contribution in [0.15, 0.2) is 198 Å². The minimum absolute atomic E-state index is 0.0549. The number of allylic oxidation sites excluding steroid dienone is 2. The molecule has 3 heterocycles. The van der Waals surface area contributed by atoms with Gasteiger partial charge in [-0.25, -0.2) is 9.98 Å². The molecule has 5 nitrogen and oxygen atoms in total. The summed E-state index contributed by atoms with van der Waals surface area (Å²) in [7, 11) is 0. The molecular formula is C49H35N5. The number of rotatable bonds is 6. The van der Waals surface area contributed by atoms with E-state index in [0.717, 1.165) is 50.1 Å². The zero-order valence-corrected chi connectivity index (χ0v) is 29.4. The summed E-state index contributed by atoms with van der Waals surface area (Å²) >= 11 is 0. The number of hydrogen-bond donors (Lipinski definition) is 2. The van der Waals surface area contributed by atoms with Gasteiger partial charge in [0, 0.05) is 28.7 Å². The summed E-state index contributed by atoms with van der Waals surface area (Å²) < 4.78 is 0. The molecule has 7 aromatic rings. The lowest BCUT2D eigenvalue weighted by atomic mass is 9.91. The number of pyridine rings is 1. The second kappa shape index (κ2) is 13.5. The van der Waals surface area contributed by atoms with Crippen molar-refractivity contribution in [3.8, 4) is 22.3 Å². The molecule has 0 bridgehead atoms. The van der Waals surface area contributed by atoms with Crippen LogP contribution in [0.3, 0.4) is 0 Å². The third-order valence-electron chi connectivity index (χ3n) is 10.4. The lowest BCUT2D eigenvalue weighted by Gasteiger charge is -2.28. The van der Waals surface area contributed by atoms with E-state index in [1.54, 1.807) is 0 Å². The summed E-state index contributed by atoms with van der Waals surface area (Å²) in [5.74, 6) is 1.48. The van der Waals surface area contributed by atoms with Crippen LogP contribution in [0.4, 0.5) is 0 Å². The van der Waals surface area contributed by atoms with E-state index in [1.165, 1.54) is 32.7 Å². The van der Waals surface area contributed by atoms with Gasteiger partial charge in [-0.3, -0.25) is 4.98 Å². The van der Waals surface area contributed by atoms with Crippen LogP contribution in [0, 0.1) is 0 Å². The van der Waals surface area contributed by atoms with E-state index in [-0.39, 0.29) is 6.04 Å². The minimum Gasteiger partial charge on any atom is -0.374 e. The second-order valence-corrected chi connectivity index (χ2v) is 13.8. The standard InChI is InChI=1S/C49H35N5/c1-3-13-35(14-4-1)47-52-48(36-15-5-2-6-16-36)54-49(53-47)39-29-37(32-22-24-34(25-23-32)41-20-11-17-33-12-7-8-18-40(33)41)28-38(30-39)46-44-31-50-27-26-42(44)43-19-9-10-21-45(43)51-46/h1-31,45,49,51H,(H,52,53,54). The average Bonchev–Trinajstić information content (AvgIpc) is 3.26. The highest BCUT2D eigenvalue weighted by molar-refractivity contribution is 6.13. The fourth-order valence-corrected chi connectivity index (χ4v) is 7.76. The molecule has 5 heteroatoms. The maximum atomic E-state index is 5.26. The molecule has 54 heavy (non-hydrogen) atoms. The molecule has 3 aliphatic rings. The molecule has 2 N–H and O–H groups in total. The molecule has 0 spiro atoms. The Kier molecular flexibility index (Phi) is 7.88. The van der Waals surface area contributed by atoms with Crippen molar-refractivity contribution in [3.63, 3.8) is 0 Å². The van der Waals surface area contributed by atoms with Gasteiger partial charge >= 0.3 is 0 Å². The van der Waals surface area contributed by atoms with Gasteiger partial charge < -0.3 is 10.6 Å². The molecule has 2 unspecified atom stereocenters. The topological polar surface area (TPSA) is 61.7 Å². The van der Waals surface area contributed by atoms with E-state index in [2.05, 4.69) is 155 Å². The van der Waals surface area contributed by atoms with Crippen molar-refractivity contribution in [2.75, 3.05) is 0 Å². The van der Waals surface area contributed by atoms with Crippen molar-refractivity contribution in [3.05, 3.63) is 221 Å². The van der Waals surface area contributed by atoms with Gasteiger partial charge in [0.25, 0.3) is 0 Å². The third-order valence-corrected chi connectivity index (χ3v) is 10.4. The van der Waals surface area contributed by atoms with Gasteiger partial charge in [0.1, 0.15) is 12.0 Å². The molecule has 6 aromatic carbocycles. The zero-order chi connectivity index (χ0) is 35.8. The number of amidine groups is 2. The average molecular weight is 694 g/mol. The number of nitrogens with zero attached hydrogens (tertiary/aromatic N) is 3. The Balaban J connectivity index is 1.15. The highest BCUT2D eigenvalue weighted by Gasteiger charge is 2.25. The van der Waals surface area contributed by atoms with Gasteiger partial charge in [-0.2, -0.15) is 0 Å². The van der Waals surface area contributed by atoms with Crippen LogP contribution in [0.1, 0.15) is 28.4 Å². The van der Waals surface area contributed by atoms with E-state index in [0.29, 0.717) is 5.84 Å². The minimum atomic E-state index is -0.390. The van der Waals surface area contributed by atoms with Gasteiger partial charge in [-0.1, -0.05) is 152 Å². The van der Waals surface area contributed by atoms with Gasteiger partial charge in [0.15, 0.2) is 5.84 Å². The predicted octanol–water partition coefficient (Wildman–Crippen LogP) is 8.47. The van der Waals surface area contributed by atoms with Crippen LogP contribution in [-0.4, -0.2) is 22.7 Å². The Morgan fingerprint density at radius 3 is 2.13 bits per heavy atom. The lowest BCUT2D eigenvalue weighted by Crippen LogP contribution is -2.46. The first-order valence-electron chi connectivity index (χ1n) is 18.3. The fraction of sp³-hybridized carbons (Fsp3) is 0.0408. The molecule has 1 aliphatic carbocycles. The number of fused-ring (bicyclic) bond motifs is 3.